The van der Waals surface area contributed by atoms with Crippen LogP contribution in [0.25, 0.3) is 0 Å². The maximum atomic E-state index is 15.9. The van der Waals surface area contributed by atoms with Crippen LogP contribution in [0.4, 0.5) is 19.4 Å². The zero-order valence-electron chi connectivity index (χ0n) is 26.9. The molecule has 2 rings (SSSR count). The van der Waals surface area contributed by atoms with Crippen LogP contribution >= 0.6 is 0 Å². The van der Waals surface area contributed by atoms with Crippen molar-refractivity contribution in [3.05, 3.63) is 22.7 Å². The molecule has 1 aliphatic rings. The number of alkyl halides is 2. The molecule has 1 aromatic rings. The number of hydrogen-bond donors (Lipinski definition) is 3. The monoisotopic (exact) mass is 647 g/mol. The Labute approximate surface area is 261 Å². The maximum Gasteiger partial charge on any atom is 0.508 e. The van der Waals surface area contributed by atoms with Gasteiger partial charge in [0, 0.05) is 19.2 Å². The Kier molecular flexibility index (Phi) is 13.4. The molecule has 1 amide bonds. The summed E-state index contributed by atoms with van der Waals surface area (Å²) in [4.78, 5) is 53.9. The zero-order valence-corrected chi connectivity index (χ0v) is 26.9. The minimum absolute atomic E-state index is 0.168. The number of aromatic nitrogens is 2. The molecular weight excluding hydrogens is 600 g/mol. The number of anilines is 1. The lowest BCUT2D eigenvalue weighted by atomic mass is 9.91. The number of nitrogens with one attached hydrogen (secondary N) is 1. The van der Waals surface area contributed by atoms with E-state index in [1.165, 1.54) is 20.8 Å². The third-order valence-corrected chi connectivity index (χ3v) is 6.69. The molecule has 15 heteroatoms. The van der Waals surface area contributed by atoms with Gasteiger partial charge < -0.3 is 34.5 Å². The second-order valence-corrected chi connectivity index (χ2v) is 13.0. The Morgan fingerprint density at radius 1 is 0.978 bits per heavy atom. The van der Waals surface area contributed by atoms with Gasteiger partial charge in [-0.2, -0.15) is 13.8 Å². The standard InChI is InChI=1S/C30H47F2N3O10/c1-27(2,3)44-24(38)29(41)20(19-42-26(40)45-28(4,5)6)43-23(30(29,31)32)35-17-16-21(34-25(35)39)33-22(37)15-13-11-9-7-8-10-12-14-18-36/h16-17,20,23,36,41H,7-15,18-19H2,1-6H3,(H,33,34,37,39)/t20-,23-,29+/m1/s1. The summed E-state index contributed by atoms with van der Waals surface area (Å²) in [7, 11) is 0. The quantitative estimate of drug-likeness (QED) is 0.183. The summed E-state index contributed by atoms with van der Waals surface area (Å²) in [5, 5.41) is 22.4. The Hall–Kier alpha value is -3.17. The van der Waals surface area contributed by atoms with E-state index in [9.17, 15) is 24.3 Å². The van der Waals surface area contributed by atoms with Crippen molar-refractivity contribution in [2.75, 3.05) is 18.5 Å². The topological polar surface area (TPSA) is 176 Å². The van der Waals surface area contributed by atoms with Crippen molar-refractivity contribution >= 4 is 23.8 Å². The molecular formula is C30H47F2N3O10. The summed E-state index contributed by atoms with van der Waals surface area (Å²) in [5.74, 6) is -6.83. The molecule has 0 bridgehead atoms. The molecule has 0 spiro atoms. The van der Waals surface area contributed by atoms with Gasteiger partial charge in [-0.1, -0.05) is 38.5 Å². The first kappa shape index (κ1) is 38.0. The SMILES string of the molecule is CC(C)(C)OC(=O)OC[C@H]1O[C@@H](n2ccc(NC(=O)CCCCCCCCCCO)nc2=O)C(F)(F)[C@@]1(O)C(=O)OC(C)(C)C. The van der Waals surface area contributed by atoms with Crippen molar-refractivity contribution in [3.8, 4) is 0 Å². The van der Waals surface area contributed by atoms with Crippen LogP contribution in [0.2, 0.25) is 0 Å². The van der Waals surface area contributed by atoms with Crippen LogP contribution in [0.1, 0.15) is 106 Å². The van der Waals surface area contributed by atoms with Gasteiger partial charge in [-0.25, -0.2) is 14.4 Å². The van der Waals surface area contributed by atoms with Crippen LogP contribution in [0, 0.1) is 0 Å². The fourth-order valence-electron chi connectivity index (χ4n) is 4.51. The molecule has 0 aromatic carbocycles. The Bertz CT molecular complexity index is 1210. The second kappa shape index (κ2) is 15.9. The predicted molar refractivity (Wildman–Crippen MR) is 158 cm³/mol. The number of carbonyl (C=O) groups excluding carboxylic acids is 3. The van der Waals surface area contributed by atoms with E-state index in [1.807, 2.05) is 0 Å². The van der Waals surface area contributed by atoms with Gasteiger partial charge in [-0.05, 0) is 60.5 Å². The Morgan fingerprint density at radius 2 is 1.53 bits per heavy atom. The third kappa shape index (κ3) is 11.0. The fraction of sp³-hybridized carbons (Fsp3) is 0.767. The van der Waals surface area contributed by atoms with E-state index in [2.05, 4.69) is 10.3 Å². The first-order valence-corrected chi connectivity index (χ1v) is 15.2. The molecule has 0 saturated carbocycles. The molecule has 3 N–H and O–H groups in total. The number of carbonyl (C=O) groups is 3. The largest absolute Gasteiger partial charge is 0.508 e. The summed E-state index contributed by atoms with van der Waals surface area (Å²) >= 11 is 0. The molecule has 0 unspecified atom stereocenters. The Balaban J connectivity index is 2.13. The van der Waals surface area contributed by atoms with Gasteiger partial charge in [0.05, 0.1) is 0 Å². The molecule has 1 saturated heterocycles. The number of esters is 1. The average Bonchev–Trinajstić information content (AvgIpc) is 3.10. The minimum atomic E-state index is -4.48. The number of halogens is 2. The highest BCUT2D eigenvalue weighted by molar-refractivity contribution is 5.89. The van der Waals surface area contributed by atoms with Gasteiger partial charge in [-0.15, -0.1) is 0 Å². The smallest absolute Gasteiger partial charge is 0.458 e. The first-order chi connectivity index (χ1) is 20.8. The van der Waals surface area contributed by atoms with Gasteiger partial charge in [0.15, 0.2) is 0 Å². The van der Waals surface area contributed by atoms with Gasteiger partial charge in [0.2, 0.25) is 12.1 Å². The van der Waals surface area contributed by atoms with E-state index >= 15 is 8.78 Å². The molecule has 0 aliphatic carbocycles. The highest BCUT2D eigenvalue weighted by Crippen LogP contribution is 2.50. The lowest BCUT2D eigenvalue weighted by Gasteiger charge is -2.33. The third-order valence-electron chi connectivity index (χ3n) is 6.69. The first-order valence-electron chi connectivity index (χ1n) is 15.2. The van der Waals surface area contributed by atoms with Crippen LogP contribution in [0.3, 0.4) is 0 Å². The molecule has 1 fully saturated rings. The number of ether oxygens (including phenoxy) is 4. The molecule has 1 aromatic heterocycles. The normalized spacial score (nSPS) is 21.3. The molecule has 256 valence electrons. The van der Waals surface area contributed by atoms with Crippen molar-refractivity contribution in [2.24, 2.45) is 0 Å². The summed E-state index contributed by atoms with van der Waals surface area (Å²) in [5.41, 5.74) is -7.23. The number of unbranched alkanes of at least 4 members (excludes halogenated alkanes) is 7. The predicted octanol–water partition coefficient (Wildman–Crippen LogP) is 4.24. The molecule has 2 heterocycles. The number of hydrogen-bond acceptors (Lipinski definition) is 11. The summed E-state index contributed by atoms with van der Waals surface area (Å²) in [6.45, 7) is 7.97. The summed E-state index contributed by atoms with van der Waals surface area (Å²) < 4.78 is 52.4. The minimum Gasteiger partial charge on any atom is -0.458 e. The van der Waals surface area contributed by atoms with E-state index in [0.29, 0.717) is 11.0 Å². The van der Waals surface area contributed by atoms with Crippen LogP contribution in [-0.4, -0.2) is 79.8 Å². The van der Waals surface area contributed by atoms with Crippen LogP contribution in [0.5, 0.6) is 0 Å². The van der Waals surface area contributed by atoms with Crippen molar-refractivity contribution in [3.63, 3.8) is 0 Å². The number of aliphatic hydroxyl groups is 2. The molecule has 0 radical (unpaired) electrons. The molecule has 13 nitrogen and oxygen atoms in total. The van der Waals surface area contributed by atoms with E-state index in [0.717, 1.165) is 57.2 Å². The van der Waals surface area contributed by atoms with E-state index in [-0.39, 0.29) is 18.8 Å². The van der Waals surface area contributed by atoms with Crippen molar-refractivity contribution in [1.29, 1.82) is 0 Å². The number of nitrogens with zero attached hydrogens (tertiary/aromatic N) is 2. The van der Waals surface area contributed by atoms with E-state index in [1.54, 1.807) is 20.8 Å². The zero-order chi connectivity index (χ0) is 34.1. The number of aliphatic hydroxyl groups excluding tert-OH is 1. The van der Waals surface area contributed by atoms with Crippen LogP contribution < -0.4 is 11.0 Å². The Morgan fingerprint density at radius 3 is 2.07 bits per heavy atom. The second-order valence-electron chi connectivity index (χ2n) is 13.0. The number of rotatable bonds is 15. The highest BCUT2D eigenvalue weighted by atomic mass is 19.3. The van der Waals surface area contributed by atoms with Gasteiger partial charge in [-0.3, -0.25) is 9.36 Å². The van der Waals surface area contributed by atoms with Gasteiger partial charge >= 0.3 is 23.7 Å². The highest BCUT2D eigenvalue weighted by Gasteiger charge is 2.75. The molecule has 45 heavy (non-hydrogen) atoms. The average molecular weight is 648 g/mol. The summed E-state index contributed by atoms with van der Waals surface area (Å²) in [6.07, 6.45) is 2.37. The van der Waals surface area contributed by atoms with Crippen molar-refractivity contribution in [2.45, 2.75) is 134 Å². The van der Waals surface area contributed by atoms with Crippen molar-refractivity contribution in [1.82, 2.24) is 9.55 Å². The number of amides is 1. The van der Waals surface area contributed by atoms with E-state index < -0.39 is 65.4 Å². The molecule has 1 aliphatic heterocycles. The van der Waals surface area contributed by atoms with Crippen LogP contribution in [0.15, 0.2) is 17.1 Å². The fourth-order valence-corrected chi connectivity index (χ4v) is 4.51. The van der Waals surface area contributed by atoms with Gasteiger partial charge in [0.1, 0.15) is 29.7 Å². The van der Waals surface area contributed by atoms with E-state index in [4.69, 9.17) is 24.1 Å². The van der Waals surface area contributed by atoms with Gasteiger partial charge in [0.25, 0.3) is 5.60 Å². The summed E-state index contributed by atoms with van der Waals surface area (Å²) in [6, 6.07) is 1.10. The maximum absolute atomic E-state index is 15.9. The van der Waals surface area contributed by atoms with Crippen LogP contribution in [-0.2, 0) is 28.5 Å². The molecule has 3 atom stereocenters. The lowest BCUT2D eigenvalue weighted by molar-refractivity contribution is -0.220. The lowest BCUT2D eigenvalue weighted by Crippen LogP contribution is -2.61. The van der Waals surface area contributed by atoms with Crippen molar-refractivity contribution < 1.29 is 52.3 Å².